The summed E-state index contributed by atoms with van der Waals surface area (Å²) < 4.78 is 4.46. The molecule has 2 aromatic rings. The third kappa shape index (κ3) is 2.12. The topological polar surface area (TPSA) is 10.4 Å². The number of fused-ring (bicyclic) bond motifs is 1. The molecule has 1 aromatic carbocycles. The smallest absolute Gasteiger partial charge is 0.299 e. The molecule has 0 saturated heterocycles. The van der Waals surface area contributed by atoms with Gasteiger partial charge in [0.15, 0.2) is 0 Å². The highest BCUT2D eigenvalue weighted by Crippen LogP contribution is 2.44. The standard InChI is InChI=1S/C13H13BI2N3/c1-10-6-3-4-7-11(10)18-13-12(19(16)14(18)15)8-5-9-17(13)2/h3-9H,1-2H3/q+1. The zero-order chi connectivity index (χ0) is 13.6. The van der Waals surface area contributed by atoms with Crippen molar-refractivity contribution in [3.8, 4) is 0 Å². The number of aryl methyl sites for hydroxylation is 2. The monoisotopic (exact) mass is 476 g/mol. The highest BCUT2D eigenvalue weighted by molar-refractivity contribution is 14.1. The summed E-state index contributed by atoms with van der Waals surface area (Å²) in [5.74, 6) is 1.24. The first-order valence-electron chi connectivity index (χ1n) is 6.04. The number of benzene rings is 1. The van der Waals surface area contributed by atoms with E-state index in [-0.39, 0.29) is 4.84 Å². The van der Waals surface area contributed by atoms with Crippen LogP contribution in [0.2, 0.25) is 0 Å². The Bertz CT molecular complexity index is 635. The van der Waals surface area contributed by atoms with Gasteiger partial charge in [-0.2, -0.15) is 0 Å². The number of pyridine rings is 1. The first kappa shape index (κ1) is 13.5. The lowest BCUT2D eigenvalue weighted by atomic mass is 10.1. The second-order valence-corrected chi connectivity index (χ2v) is 6.76. The van der Waals surface area contributed by atoms with Crippen molar-refractivity contribution < 1.29 is 4.57 Å². The Morgan fingerprint density at radius 3 is 2.53 bits per heavy atom. The molecule has 0 spiro atoms. The Kier molecular flexibility index (Phi) is 3.63. The fourth-order valence-corrected chi connectivity index (χ4v) is 3.92. The third-order valence-electron chi connectivity index (χ3n) is 3.36. The molecular formula is C13H13BI2N3+. The summed E-state index contributed by atoms with van der Waals surface area (Å²) in [6.45, 7) is 2.16. The van der Waals surface area contributed by atoms with E-state index in [1.807, 2.05) is 0 Å². The normalized spacial score (nSPS) is 14.0. The van der Waals surface area contributed by atoms with Gasteiger partial charge in [0.2, 0.25) is 0 Å². The summed E-state index contributed by atoms with van der Waals surface area (Å²) in [7, 11) is 2.10. The average molecular weight is 476 g/mol. The van der Waals surface area contributed by atoms with Crippen molar-refractivity contribution >= 4 is 67.3 Å². The van der Waals surface area contributed by atoms with Crippen molar-refractivity contribution in [2.45, 2.75) is 6.92 Å². The predicted octanol–water partition coefficient (Wildman–Crippen LogP) is 3.55. The Morgan fingerprint density at radius 2 is 1.79 bits per heavy atom. The van der Waals surface area contributed by atoms with Crippen LogP contribution in [0.5, 0.6) is 0 Å². The molecule has 0 amide bonds. The molecule has 0 radical (unpaired) electrons. The largest absolute Gasteiger partial charge is 0.583 e. The molecule has 96 valence electrons. The molecule has 6 heteroatoms. The van der Waals surface area contributed by atoms with Crippen molar-refractivity contribution in [2.75, 3.05) is 7.84 Å². The number of para-hydroxylation sites is 1. The minimum atomic E-state index is 0.280. The Morgan fingerprint density at radius 1 is 1.11 bits per heavy atom. The van der Waals surface area contributed by atoms with E-state index in [9.17, 15) is 0 Å². The highest BCUT2D eigenvalue weighted by atomic mass is 127. The summed E-state index contributed by atoms with van der Waals surface area (Å²) in [4.78, 5) is 2.67. The van der Waals surface area contributed by atoms with Crippen LogP contribution >= 0.6 is 45.2 Å². The van der Waals surface area contributed by atoms with E-state index >= 15 is 0 Å². The van der Waals surface area contributed by atoms with Gasteiger partial charge in [0.25, 0.3) is 5.82 Å². The first-order valence-corrected chi connectivity index (χ1v) is 8.25. The maximum atomic E-state index is 2.48. The second kappa shape index (κ2) is 5.12. The first-order chi connectivity index (χ1) is 9.11. The quantitative estimate of drug-likeness (QED) is 0.270. The number of hydrogen-bond acceptors (Lipinski definition) is 2. The molecule has 1 aliphatic heterocycles. The van der Waals surface area contributed by atoms with Crippen molar-refractivity contribution in [3.63, 3.8) is 0 Å². The Hall–Kier alpha value is -0.505. The van der Waals surface area contributed by atoms with E-state index in [0.29, 0.717) is 0 Å². The summed E-state index contributed by atoms with van der Waals surface area (Å²) in [6, 6.07) is 12.8. The molecule has 3 nitrogen and oxygen atoms in total. The van der Waals surface area contributed by atoms with Crippen LogP contribution in [0.4, 0.5) is 17.2 Å². The number of aromatic nitrogens is 1. The summed E-state index contributed by atoms with van der Waals surface area (Å²) in [6.07, 6.45) is 2.10. The van der Waals surface area contributed by atoms with Crippen LogP contribution in [0, 0.1) is 6.92 Å². The molecule has 0 fully saturated rings. The van der Waals surface area contributed by atoms with E-state index in [1.54, 1.807) is 0 Å². The molecule has 3 rings (SSSR count). The number of rotatable bonds is 1. The lowest BCUT2D eigenvalue weighted by Gasteiger charge is -2.17. The molecule has 0 atom stereocenters. The van der Waals surface area contributed by atoms with Crippen LogP contribution in [0.3, 0.4) is 0 Å². The van der Waals surface area contributed by atoms with Gasteiger partial charge in [-0.1, -0.05) is 40.6 Å². The SMILES string of the molecule is Cc1ccccc1N1B(I)N(I)c2ccc[n+](C)c21. The van der Waals surface area contributed by atoms with Crippen molar-refractivity contribution in [1.29, 1.82) is 0 Å². The van der Waals surface area contributed by atoms with Gasteiger partial charge in [-0.25, -0.2) is 4.57 Å². The van der Waals surface area contributed by atoms with Gasteiger partial charge >= 0.3 is 4.84 Å². The lowest BCUT2D eigenvalue weighted by Crippen LogP contribution is -2.40. The van der Waals surface area contributed by atoms with Gasteiger partial charge in [0, 0.05) is 22.9 Å². The second-order valence-electron chi connectivity index (χ2n) is 4.61. The average Bonchev–Trinajstić information content (AvgIpc) is 2.65. The van der Waals surface area contributed by atoms with E-state index < -0.39 is 0 Å². The van der Waals surface area contributed by atoms with Crippen LogP contribution in [0.15, 0.2) is 42.6 Å². The summed E-state index contributed by atoms with van der Waals surface area (Å²) in [5.41, 5.74) is 3.82. The molecule has 0 saturated carbocycles. The highest BCUT2D eigenvalue weighted by Gasteiger charge is 2.48. The number of nitrogens with zero attached hydrogens (tertiary/aromatic N) is 3. The molecule has 0 aliphatic carbocycles. The van der Waals surface area contributed by atoms with E-state index in [4.69, 9.17) is 0 Å². The molecule has 0 N–H and O–H groups in total. The molecule has 0 bridgehead atoms. The summed E-state index contributed by atoms with van der Waals surface area (Å²) >= 11 is 4.87. The Balaban J connectivity index is 2.22. The van der Waals surface area contributed by atoms with Gasteiger partial charge in [0.05, 0.1) is 13.2 Å². The van der Waals surface area contributed by atoms with Crippen LogP contribution in [-0.4, -0.2) is 4.84 Å². The van der Waals surface area contributed by atoms with Crippen molar-refractivity contribution in [2.24, 2.45) is 7.05 Å². The minimum Gasteiger partial charge on any atom is -0.299 e. The van der Waals surface area contributed by atoms with Gasteiger partial charge in [-0.15, -0.1) is 0 Å². The summed E-state index contributed by atoms with van der Waals surface area (Å²) in [5, 5.41) is 0. The number of halogens is 2. The van der Waals surface area contributed by atoms with Crippen LogP contribution in [0.1, 0.15) is 5.56 Å². The lowest BCUT2D eigenvalue weighted by molar-refractivity contribution is -0.657. The minimum absolute atomic E-state index is 0.280. The van der Waals surface area contributed by atoms with Crippen LogP contribution < -0.4 is 12.4 Å². The van der Waals surface area contributed by atoms with Crippen LogP contribution in [0.25, 0.3) is 0 Å². The zero-order valence-corrected chi connectivity index (χ0v) is 15.0. The molecule has 19 heavy (non-hydrogen) atoms. The van der Waals surface area contributed by atoms with E-state index in [2.05, 4.69) is 114 Å². The van der Waals surface area contributed by atoms with E-state index in [0.717, 1.165) is 0 Å². The maximum absolute atomic E-state index is 2.48. The fraction of sp³-hybridized carbons (Fsp3) is 0.154. The van der Waals surface area contributed by atoms with Crippen LogP contribution in [-0.2, 0) is 7.05 Å². The molecule has 1 aliphatic rings. The maximum Gasteiger partial charge on any atom is 0.583 e. The molecule has 2 heterocycles. The van der Waals surface area contributed by atoms with E-state index in [1.165, 1.54) is 22.8 Å². The Labute approximate surface area is 141 Å². The van der Waals surface area contributed by atoms with Gasteiger partial charge in [0.1, 0.15) is 11.4 Å². The molecule has 0 unspecified atom stereocenters. The van der Waals surface area contributed by atoms with Gasteiger partial charge in [-0.05, 0) is 30.7 Å². The molecular weight excluding hydrogens is 463 g/mol. The number of anilines is 3. The number of hydrogen-bond donors (Lipinski definition) is 0. The van der Waals surface area contributed by atoms with Gasteiger partial charge < -0.3 is 0 Å². The predicted molar refractivity (Wildman–Crippen MR) is 97.2 cm³/mol. The third-order valence-corrected chi connectivity index (χ3v) is 6.59. The fourth-order valence-electron chi connectivity index (χ4n) is 2.43. The van der Waals surface area contributed by atoms with Gasteiger partial charge in [-0.3, -0.25) is 7.84 Å². The molecule has 1 aromatic heterocycles. The van der Waals surface area contributed by atoms with Crippen molar-refractivity contribution in [3.05, 3.63) is 48.2 Å². The zero-order valence-electron chi connectivity index (χ0n) is 10.7. The van der Waals surface area contributed by atoms with Crippen molar-refractivity contribution in [1.82, 2.24) is 0 Å².